The van der Waals surface area contributed by atoms with Gasteiger partial charge in [0.25, 0.3) is 5.91 Å². The molecule has 0 bridgehead atoms. The molecular weight excluding hydrogens is 545 g/mol. The van der Waals surface area contributed by atoms with E-state index in [2.05, 4.69) is 37.9 Å². The van der Waals surface area contributed by atoms with Gasteiger partial charge < -0.3 is 14.5 Å². The van der Waals surface area contributed by atoms with Crippen molar-refractivity contribution in [3.05, 3.63) is 92.3 Å². The Morgan fingerprint density at radius 1 is 1.12 bits per heavy atom. The summed E-state index contributed by atoms with van der Waals surface area (Å²) in [6, 6.07) is 16.8. The second-order valence-corrected chi connectivity index (χ2v) is 8.91. The maximum Gasteiger partial charge on any atom is 0.302 e. The number of halogens is 1. The zero-order valence-corrected chi connectivity index (χ0v) is 21.0. The average Bonchev–Trinajstić information content (AvgIpc) is 2.80. The van der Waals surface area contributed by atoms with Gasteiger partial charge in [0, 0.05) is 33.3 Å². The van der Waals surface area contributed by atoms with Crippen molar-refractivity contribution in [3.63, 3.8) is 0 Å². The van der Waals surface area contributed by atoms with Gasteiger partial charge in [-0.25, -0.2) is 4.99 Å². The predicted octanol–water partition coefficient (Wildman–Crippen LogP) is 5.60. The number of amides is 1. The lowest BCUT2D eigenvalue weighted by atomic mass is 10.1. The van der Waals surface area contributed by atoms with Gasteiger partial charge in [-0.05, 0) is 72.3 Å². The Bertz CT molecular complexity index is 1480. The highest BCUT2D eigenvalue weighted by molar-refractivity contribution is 14.1. The standard InChI is InChI=1S/C26H22IN3O4/c1-15-7-6-8-19(11-15)29-25(32)21-12-20-18(14-33-17(3)31)13-28-16(2)24(20)34-26(21)30-23-10-5-4-9-22(23)27/h4-13H,14H2,1-3H3,(H,29,32). The van der Waals surface area contributed by atoms with Crippen LogP contribution in [0.1, 0.15) is 34.1 Å². The number of para-hydroxylation sites is 1. The van der Waals surface area contributed by atoms with Crippen molar-refractivity contribution >= 4 is 56.8 Å². The topological polar surface area (TPSA) is 93.8 Å². The fraction of sp³-hybridized carbons (Fsp3) is 0.154. The number of carbonyl (C=O) groups excluding carboxylic acids is 2. The third-order valence-corrected chi connectivity index (χ3v) is 5.99. The zero-order valence-electron chi connectivity index (χ0n) is 18.9. The fourth-order valence-corrected chi connectivity index (χ4v) is 3.91. The van der Waals surface area contributed by atoms with Crippen molar-refractivity contribution in [1.82, 2.24) is 4.98 Å². The molecule has 0 atom stereocenters. The molecule has 1 N–H and O–H groups in total. The number of nitrogens with zero attached hydrogens (tertiary/aromatic N) is 2. The summed E-state index contributed by atoms with van der Waals surface area (Å²) in [5, 5.41) is 3.56. The van der Waals surface area contributed by atoms with Crippen LogP contribution in [0.25, 0.3) is 11.0 Å². The lowest BCUT2D eigenvalue weighted by Crippen LogP contribution is -2.22. The Labute approximate surface area is 210 Å². The first-order valence-corrected chi connectivity index (χ1v) is 11.6. The molecule has 0 aliphatic heterocycles. The summed E-state index contributed by atoms with van der Waals surface area (Å²) in [5.41, 5.74) is 4.52. The molecule has 2 aromatic carbocycles. The van der Waals surface area contributed by atoms with E-state index in [4.69, 9.17) is 9.15 Å². The van der Waals surface area contributed by atoms with Crippen LogP contribution in [0.4, 0.5) is 11.4 Å². The van der Waals surface area contributed by atoms with Crippen molar-refractivity contribution in [2.45, 2.75) is 27.4 Å². The van der Waals surface area contributed by atoms with Crippen LogP contribution < -0.4 is 10.9 Å². The minimum atomic E-state index is -0.409. The van der Waals surface area contributed by atoms with Crippen LogP contribution in [-0.4, -0.2) is 16.9 Å². The molecule has 0 aliphatic rings. The van der Waals surface area contributed by atoms with E-state index in [1.54, 1.807) is 12.3 Å². The molecule has 0 fully saturated rings. The molecule has 172 valence electrons. The summed E-state index contributed by atoms with van der Waals surface area (Å²) in [6.45, 7) is 5.12. The summed E-state index contributed by atoms with van der Waals surface area (Å²) in [7, 11) is 0. The van der Waals surface area contributed by atoms with Crippen LogP contribution in [-0.2, 0) is 16.1 Å². The number of carbonyl (C=O) groups is 2. The van der Waals surface area contributed by atoms with Crippen molar-refractivity contribution in [2.24, 2.45) is 4.99 Å². The van der Waals surface area contributed by atoms with E-state index in [0.717, 1.165) is 9.13 Å². The molecule has 34 heavy (non-hydrogen) atoms. The first-order valence-electron chi connectivity index (χ1n) is 10.5. The van der Waals surface area contributed by atoms with Crippen molar-refractivity contribution in [3.8, 4) is 0 Å². The zero-order chi connectivity index (χ0) is 24.2. The molecule has 0 saturated carbocycles. The molecule has 0 aliphatic carbocycles. The quantitative estimate of drug-likeness (QED) is 0.251. The number of hydrogen-bond acceptors (Lipinski definition) is 6. The summed E-state index contributed by atoms with van der Waals surface area (Å²) in [4.78, 5) is 33.8. The van der Waals surface area contributed by atoms with Gasteiger partial charge in [0.15, 0.2) is 5.58 Å². The summed E-state index contributed by atoms with van der Waals surface area (Å²) in [5.74, 6) is -0.776. The normalized spacial score (nSPS) is 11.5. The van der Waals surface area contributed by atoms with E-state index in [9.17, 15) is 9.59 Å². The second-order valence-electron chi connectivity index (χ2n) is 7.74. The molecule has 2 heterocycles. The van der Waals surface area contributed by atoms with Crippen LogP contribution in [0, 0.1) is 17.4 Å². The molecule has 4 aromatic rings. The first-order chi connectivity index (χ1) is 16.3. The van der Waals surface area contributed by atoms with E-state index in [1.807, 2.05) is 62.4 Å². The van der Waals surface area contributed by atoms with Crippen LogP contribution in [0.2, 0.25) is 0 Å². The minimum Gasteiger partial charge on any atom is -0.461 e. The van der Waals surface area contributed by atoms with Gasteiger partial charge in [0.2, 0.25) is 5.55 Å². The molecule has 4 rings (SSSR count). The first kappa shape index (κ1) is 23.6. The maximum atomic E-state index is 13.4. The van der Waals surface area contributed by atoms with Gasteiger partial charge in [-0.15, -0.1) is 0 Å². The Morgan fingerprint density at radius 3 is 2.65 bits per heavy atom. The van der Waals surface area contributed by atoms with Crippen LogP contribution in [0.15, 0.2) is 70.2 Å². The lowest BCUT2D eigenvalue weighted by molar-refractivity contribution is -0.142. The number of rotatable bonds is 5. The van der Waals surface area contributed by atoms with Gasteiger partial charge in [-0.2, -0.15) is 0 Å². The summed E-state index contributed by atoms with van der Waals surface area (Å²) in [6.07, 6.45) is 1.62. The van der Waals surface area contributed by atoms with Gasteiger partial charge in [0.1, 0.15) is 12.2 Å². The number of aryl methyl sites for hydroxylation is 2. The molecule has 8 heteroatoms. The summed E-state index contributed by atoms with van der Waals surface area (Å²) >= 11 is 2.19. The number of aromatic nitrogens is 1. The minimum absolute atomic E-state index is 0.0145. The summed E-state index contributed by atoms with van der Waals surface area (Å²) < 4.78 is 12.3. The molecule has 0 radical (unpaired) electrons. The number of esters is 1. The Balaban J connectivity index is 1.92. The van der Waals surface area contributed by atoms with Gasteiger partial charge in [-0.1, -0.05) is 24.3 Å². The molecular formula is C26H22IN3O4. The van der Waals surface area contributed by atoms with Gasteiger partial charge in [0.05, 0.1) is 11.4 Å². The number of ether oxygens (including phenoxy) is 1. The van der Waals surface area contributed by atoms with E-state index < -0.39 is 5.97 Å². The van der Waals surface area contributed by atoms with Crippen LogP contribution in [0.5, 0.6) is 0 Å². The SMILES string of the molecule is CC(=O)OCc1cnc(C)c2oc(=Nc3ccccc3I)c(C(=O)Nc3cccc(C)c3)cc12. The van der Waals surface area contributed by atoms with Gasteiger partial charge in [-0.3, -0.25) is 14.6 Å². The number of nitrogens with one attached hydrogen (secondary N) is 1. The Morgan fingerprint density at radius 2 is 1.91 bits per heavy atom. The molecule has 0 spiro atoms. The fourth-order valence-electron chi connectivity index (χ4n) is 3.40. The molecule has 1 amide bonds. The van der Waals surface area contributed by atoms with E-state index in [0.29, 0.717) is 33.6 Å². The van der Waals surface area contributed by atoms with E-state index >= 15 is 0 Å². The second kappa shape index (κ2) is 10.2. The molecule has 7 nitrogen and oxygen atoms in total. The number of fused-ring (bicyclic) bond motifs is 1. The van der Waals surface area contributed by atoms with Crippen LogP contribution >= 0.6 is 22.6 Å². The smallest absolute Gasteiger partial charge is 0.302 e. The molecule has 2 aromatic heterocycles. The van der Waals surface area contributed by atoms with Crippen molar-refractivity contribution in [2.75, 3.05) is 5.32 Å². The molecule has 0 unspecified atom stereocenters. The number of anilines is 1. The van der Waals surface area contributed by atoms with Crippen LogP contribution in [0.3, 0.4) is 0 Å². The van der Waals surface area contributed by atoms with Crippen molar-refractivity contribution in [1.29, 1.82) is 0 Å². The third-order valence-electron chi connectivity index (χ3n) is 5.08. The van der Waals surface area contributed by atoms with E-state index in [-0.39, 0.29) is 23.6 Å². The highest BCUT2D eigenvalue weighted by atomic mass is 127. The number of hydrogen-bond donors (Lipinski definition) is 1. The largest absolute Gasteiger partial charge is 0.461 e. The predicted molar refractivity (Wildman–Crippen MR) is 138 cm³/mol. The Hall–Kier alpha value is -3.53. The highest BCUT2D eigenvalue weighted by Crippen LogP contribution is 2.24. The Kier molecular flexibility index (Phi) is 7.06. The van der Waals surface area contributed by atoms with Gasteiger partial charge >= 0.3 is 5.97 Å². The van der Waals surface area contributed by atoms with E-state index in [1.165, 1.54) is 6.92 Å². The number of pyridine rings is 1. The number of benzene rings is 2. The third kappa shape index (κ3) is 5.33. The maximum absolute atomic E-state index is 13.4. The monoisotopic (exact) mass is 567 g/mol. The molecule has 0 saturated heterocycles. The van der Waals surface area contributed by atoms with Crippen molar-refractivity contribution < 1.29 is 18.7 Å². The highest BCUT2D eigenvalue weighted by Gasteiger charge is 2.17. The lowest BCUT2D eigenvalue weighted by Gasteiger charge is -2.11. The average molecular weight is 567 g/mol.